The molecular weight excluding hydrogens is 278 g/mol. The van der Waals surface area contributed by atoms with Crippen LogP contribution in [0.15, 0.2) is 82.4 Å². The highest BCUT2D eigenvalue weighted by atomic mass is 16.2. The maximum atomic E-state index is 11.9. The molecule has 3 rings (SSSR count). The summed E-state index contributed by atoms with van der Waals surface area (Å²) in [4.78, 5) is 25.4. The van der Waals surface area contributed by atoms with Gasteiger partial charge in [0.25, 0.3) is 11.1 Å². The first-order valence-corrected chi connectivity index (χ1v) is 6.92. The van der Waals surface area contributed by atoms with E-state index >= 15 is 0 Å². The molecule has 5 heteroatoms. The summed E-state index contributed by atoms with van der Waals surface area (Å²) in [5.41, 5.74) is 1.31. The molecule has 0 saturated heterocycles. The van der Waals surface area contributed by atoms with Gasteiger partial charge in [0.15, 0.2) is 0 Å². The third-order valence-corrected chi connectivity index (χ3v) is 3.31. The Hall–Kier alpha value is -3.08. The lowest BCUT2D eigenvalue weighted by molar-refractivity contribution is 0.577. The van der Waals surface area contributed by atoms with E-state index in [1.54, 1.807) is 0 Å². The van der Waals surface area contributed by atoms with Gasteiger partial charge in [-0.15, -0.1) is 0 Å². The zero-order valence-electron chi connectivity index (χ0n) is 11.8. The predicted octanol–water partition coefficient (Wildman–Crippen LogP) is 2.33. The van der Waals surface area contributed by atoms with Crippen LogP contribution in [0.3, 0.4) is 0 Å². The quantitative estimate of drug-likeness (QED) is 0.803. The van der Waals surface area contributed by atoms with E-state index in [1.165, 1.54) is 16.8 Å². The lowest BCUT2D eigenvalue weighted by Crippen LogP contribution is -2.34. The highest BCUT2D eigenvalue weighted by Gasteiger charge is 2.10. The molecule has 1 aromatic heterocycles. The standard InChI is InChI=1S/C17H15N3O2/c21-16-11-12-17(22)20(18-16)13-19(14-7-3-1-4-8-14)15-9-5-2-6-10-15/h1-12H,13H2,(H,18,21). The second-order valence-corrected chi connectivity index (χ2v) is 4.82. The van der Waals surface area contributed by atoms with E-state index in [1.807, 2.05) is 65.6 Å². The molecule has 0 spiro atoms. The number of rotatable bonds is 4. The van der Waals surface area contributed by atoms with Crippen LogP contribution in [0.25, 0.3) is 0 Å². The summed E-state index contributed by atoms with van der Waals surface area (Å²) in [5, 5.41) is 2.55. The van der Waals surface area contributed by atoms with Crippen molar-refractivity contribution in [2.75, 3.05) is 4.90 Å². The van der Waals surface area contributed by atoms with Crippen LogP contribution in [0.2, 0.25) is 0 Å². The molecule has 0 fully saturated rings. The lowest BCUT2D eigenvalue weighted by atomic mass is 10.2. The van der Waals surface area contributed by atoms with Crippen LogP contribution in [0.4, 0.5) is 11.4 Å². The van der Waals surface area contributed by atoms with Crippen molar-refractivity contribution in [1.82, 2.24) is 9.78 Å². The van der Waals surface area contributed by atoms with E-state index in [0.29, 0.717) is 0 Å². The molecule has 0 unspecified atom stereocenters. The fourth-order valence-electron chi connectivity index (χ4n) is 2.24. The Morgan fingerprint density at radius 1 is 0.773 bits per heavy atom. The van der Waals surface area contributed by atoms with Crippen molar-refractivity contribution in [2.45, 2.75) is 6.67 Å². The monoisotopic (exact) mass is 293 g/mol. The number of hydrogen-bond donors (Lipinski definition) is 1. The van der Waals surface area contributed by atoms with E-state index < -0.39 is 0 Å². The Kier molecular flexibility index (Phi) is 3.87. The Balaban J connectivity index is 2.05. The van der Waals surface area contributed by atoms with Gasteiger partial charge in [-0.1, -0.05) is 36.4 Å². The number of anilines is 2. The van der Waals surface area contributed by atoms with Crippen molar-refractivity contribution < 1.29 is 0 Å². The molecule has 110 valence electrons. The Morgan fingerprint density at radius 2 is 1.32 bits per heavy atom. The largest absolute Gasteiger partial charge is 0.321 e. The molecule has 0 radical (unpaired) electrons. The summed E-state index contributed by atoms with van der Waals surface area (Å²) < 4.78 is 1.29. The maximum Gasteiger partial charge on any atom is 0.266 e. The van der Waals surface area contributed by atoms with Crippen molar-refractivity contribution in [2.24, 2.45) is 0 Å². The van der Waals surface area contributed by atoms with E-state index in [-0.39, 0.29) is 17.8 Å². The second-order valence-electron chi connectivity index (χ2n) is 4.82. The Bertz CT molecular complexity index is 815. The number of hydrogen-bond acceptors (Lipinski definition) is 3. The summed E-state index contributed by atoms with van der Waals surface area (Å²) in [6.45, 7) is 0.225. The van der Waals surface area contributed by atoms with Crippen molar-refractivity contribution in [3.63, 3.8) is 0 Å². The van der Waals surface area contributed by atoms with Crippen LogP contribution in [0.5, 0.6) is 0 Å². The van der Waals surface area contributed by atoms with Gasteiger partial charge in [0.2, 0.25) is 0 Å². The molecule has 3 aromatic rings. The van der Waals surface area contributed by atoms with Crippen molar-refractivity contribution in [1.29, 1.82) is 0 Å². The fourth-order valence-corrected chi connectivity index (χ4v) is 2.24. The topological polar surface area (TPSA) is 58.1 Å². The Labute approximate surface area is 127 Å². The molecule has 0 saturated carbocycles. The second kappa shape index (κ2) is 6.13. The summed E-state index contributed by atoms with van der Waals surface area (Å²) in [7, 11) is 0. The molecule has 1 heterocycles. The molecule has 0 aliphatic heterocycles. The number of nitrogens with one attached hydrogen (secondary N) is 1. The van der Waals surface area contributed by atoms with Crippen molar-refractivity contribution in [3.05, 3.63) is 93.5 Å². The van der Waals surface area contributed by atoms with E-state index in [4.69, 9.17) is 0 Å². The first-order chi connectivity index (χ1) is 10.7. The highest BCUT2D eigenvalue weighted by molar-refractivity contribution is 5.62. The number of aromatic nitrogens is 2. The minimum atomic E-state index is -0.305. The SMILES string of the molecule is O=c1ccc(=O)n(CN(c2ccccc2)c2ccccc2)[nH]1. The van der Waals surface area contributed by atoms with Gasteiger partial charge >= 0.3 is 0 Å². The van der Waals surface area contributed by atoms with E-state index in [9.17, 15) is 9.59 Å². The van der Waals surface area contributed by atoms with Crippen LogP contribution in [0, 0.1) is 0 Å². The first-order valence-electron chi connectivity index (χ1n) is 6.92. The molecule has 0 aliphatic carbocycles. The molecule has 0 atom stereocenters. The fraction of sp³-hybridized carbons (Fsp3) is 0.0588. The van der Waals surface area contributed by atoms with Gasteiger partial charge in [-0.05, 0) is 24.3 Å². The number of para-hydroxylation sites is 2. The van der Waals surface area contributed by atoms with Gasteiger partial charge in [-0.2, -0.15) is 0 Å². The van der Waals surface area contributed by atoms with Crippen LogP contribution in [-0.4, -0.2) is 9.78 Å². The van der Waals surface area contributed by atoms with Crippen LogP contribution in [-0.2, 0) is 6.67 Å². The zero-order valence-corrected chi connectivity index (χ0v) is 11.8. The van der Waals surface area contributed by atoms with Gasteiger partial charge in [0.1, 0.15) is 6.67 Å². The van der Waals surface area contributed by atoms with Gasteiger partial charge < -0.3 is 4.90 Å². The van der Waals surface area contributed by atoms with E-state index in [0.717, 1.165) is 11.4 Å². The molecule has 22 heavy (non-hydrogen) atoms. The normalized spacial score (nSPS) is 10.4. The minimum Gasteiger partial charge on any atom is -0.321 e. The molecule has 5 nitrogen and oxygen atoms in total. The number of nitrogens with zero attached hydrogens (tertiary/aromatic N) is 2. The molecule has 0 aliphatic rings. The third kappa shape index (κ3) is 2.98. The van der Waals surface area contributed by atoms with Crippen LogP contribution in [0.1, 0.15) is 0 Å². The predicted molar refractivity (Wildman–Crippen MR) is 86.3 cm³/mol. The molecule has 1 N–H and O–H groups in total. The molecule has 0 bridgehead atoms. The summed E-state index contributed by atoms with van der Waals surface area (Å²) in [6.07, 6.45) is 0. The smallest absolute Gasteiger partial charge is 0.266 e. The average molecular weight is 293 g/mol. The molecule has 0 amide bonds. The van der Waals surface area contributed by atoms with Gasteiger partial charge in [-0.25, -0.2) is 4.68 Å². The van der Waals surface area contributed by atoms with Gasteiger partial charge in [-0.3, -0.25) is 14.7 Å². The number of benzene rings is 2. The first kappa shape index (κ1) is 13.9. The number of H-pyrrole nitrogens is 1. The molecule has 2 aromatic carbocycles. The van der Waals surface area contributed by atoms with Gasteiger partial charge in [0.05, 0.1) is 0 Å². The third-order valence-electron chi connectivity index (χ3n) is 3.31. The maximum absolute atomic E-state index is 11.9. The average Bonchev–Trinajstić information content (AvgIpc) is 2.57. The van der Waals surface area contributed by atoms with Crippen LogP contribution >= 0.6 is 0 Å². The lowest BCUT2D eigenvalue weighted by Gasteiger charge is -2.25. The summed E-state index contributed by atoms with van der Waals surface area (Å²) >= 11 is 0. The van der Waals surface area contributed by atoms with Crippen molar-refractivity contribution in [3.8, 4) is 0 Å². The zero-order chi connectivity index (χ0) is 15.4. The van der Waals surface area contributed by atoms with Gasteiger partial charge in [0, 0.05) is 23.5 Å². The van der Waals surface area contributed by atoms with E-state index in [2.05, 4.69) is 5.10 Å². The Morgan fingerprint density at radius 3 is 1.86 bits per heavy atom. The highest BCUT2D eigenvalue weighted by Crippen LogP contribution is 2.24. The minimum absolute atomic E-state index is 0.225. The van der Waals surface area contributed by atoms with Crippen molar-refractivity contribution >= 4 is 11.4 Å². The molecular formula is C17H15N3O2. The number of aromatic amines is 1. The summed E-state index contributed by atoms with van der Waals surface area (Å²) in [5.74, 6) is 0. The van der Waals surface area contributed by atoms with Crippen LogP contribution < -0.4 is 16.0 Å². The summed E-state index contributed by atoms with van der Waals surface area (Å²) in [6, 6.07) is 21.9.